The minimum atomic E-state index is 0.0397. The highest BCUT2D eigenvalue weighted by Crippen LogP contribution is 2.24. The van der Waals surface area contributed by atoms with Gasteiger partial charge >= 0.3 is 0 Å². The molecule has 0 atom stereocenters. The van der Waals surface area contributed by atoms with Gasteiger partial charge in [0.1, 0.15) is 0 Å². The summed E-state index contributed by atoms with van der Waals surface area (Å²) in [6.45, 7) is 4.71. The molecule has 0 N–H and O–H groups in total. The molecule has 120 valence electrons. The fourth-order valence-electron chi connectivity index (χ4n) is 3.61. The number of amides is 1. The van der Waals surface area contributed by atoms with Gasteiger partial charge in [-0.1, -0.05) is 19.3 Å². The summed E-state index contributed by atoms with van der Waals surface area (Å²) in [7, 11) is 0. The Morgan fingerprint density at radius 1 is 1.09 bits per heavy atom. The second-order valence-electron chi connectivity index (χ2n) is 6.54. The lowest BCUT2D eigenvalue weighted by Gasteiger charge is -2.37. The average molecular weight is 303 g/mol. The molecule has 1 amide bonds. The van der Waals surface area contributed by atoms with E-state index in [-0.39, 0.29) is 5.91 Å². The van der Waals surface area contributed by atoms with E-state index in [4.69, 9.17) is 0 Å². The number of carbonyl (C=O) groups excluding carboxylic acids is 1. The third-order valence-corrected chi connectivity index (χ3v) is 4.95. The van der Waals surface area contributed by atoms with Gasteiger partial charge in [-0.2, -0.15) is 4.73 Å². The third-order valence-electron chi connectivity index (χ3n) is 4.95. The maximum Gasteiger partial charge on any atom is 0.254 e. The molecule has 0 unspecified atom stereocenters. The Morgan fingerprint density at radius 3 is 2.36 bits per heavy atom. The zero-order chi connectivity index (χ0) is 15.4. The van der Waals surface area contributed by atoms with Crippen LogP contribution in [0.2, 0.25) is 0 Å². The first kappa shape index (κ1) is 15.3. The van der Waals surface area contributed by atoms with E-state index in [1.807, 2.05) is 4.90 Å². The van der Waals surface area contributed by atoms with E-state index >= 15 is 0 Å². The van der Waals surface area contributed by atoms with Gasteiger partial charge in [0, 0.05) is 44.9 Å². The summed E-state index contributed by atoms with van der Waals surface area (Å²) in [5.74, 6) is 0.899. The molecule has 3 rings (SSSR count). The summed E-state index contributed by atoms with van der Waals surface area (Å²) >= 11 is 0. The van der Waals surface area contributed by atoms with Crippen molar-refractivity contribution in [1.29, 1.82) is 0 Å². The van der Waals surface area contributed by atoms with Crippen LogP contribution in [0.5, 0.6) is 0 Å². The molecule has 5 heteroatoms. The van der Waals surface area contributed by atoms with Gasteiger partial charge in [0.25, 0.3) is 5.91 Å². The monoisotopic (exact) mass is 303 g/mol. The van der Waals surface area contributed by atoms with E-state index in [2.05, 4.69) is 4.90 Å². The van der Waals surface area contributed by atoms with Crippen molar-refractivity contribution in [3.63, 3.8) is 0 Å². The van der Waals surface area contributed by atoms with Crippen molar-refractivity contribution in [1.82, 2.24) is 9.80 Å². The molecule has 1 saturated heterocycles. The first-order chi connectivity index (χ1) is 10.7. The van der Waals surface area contributed by atoms with E-state index in [9.17, 15) is 10.0 Å². The smallest absolute Gasteiger partial charge is 0.254 e. The Kier molecular flexibility index (Phi) is 4.93. The molecule has 0 bridgehead atoms. The lowest BCUT2D eigenvalue weighted by atomic mass is 9.89. The highest BCUT2D eigenvalue weighted by atomic mass is 16.5. The predicted molar refractivity (Wildman–Crippen MR) is 84.3 cm³/mol. The van der Waals surface area contributed by atoms with Crippen LogP contribution in [0.4, 0.5) is 0 Å². The molecule has 22 heavy (non-hydrogen) atoms. The highest BCUT2D eigenvalue weighted by Gasteiger charge is 2.24. The van der Waals surface area contributed by atoms with Gasteiger partial charge in [0.15, 0.2) is 12.4 Å². The van der Waals surface area contributed by atoms with Crippen LogP contribution in [-0.4, -0.2) is 48.4 Å². The van der Waals surface area contributed by atoms with Gasteiger partial charge in [-0.25, -0.2) is 0 Å². The van der Waals surface area contributed by atoms with Crippen LogP contribution in [0.25, 0.3) is 0 Å². The molecular formula is C17H25N3O2. The quantitative estimate of drug-likeness (QED) is 0.630. The number of rotatable bonds is 3. The standard InChI is InChI=1S/C17H25N3O2/c21-17(16-6-8-20(22)9-7-16)19-12-10-18(11-13-19)14-15-4-2-1-3-5-15/h6-9,15H,1-5,10-14H2. The van der Waals surface area contributed by atoms with Gasteiger partial charge in [0.05, 0.1) is 5.56 Å². The van der Waals surface area contributed by atoms with E-state index in [0.717, 1.165) is 32.1 Å². The minimum Gasteiger partial charge on any atom is -0.619 e. The molecule has 2 fully saturated rings. The fourth-order valence-corrected chi connectivity index (χ4v) is 3.61. The van der Waals surface area contributed by atoms with Crippen molar-refractivity contribution >= 4 is 5.91 Å². The Hall–Kier alpha value is -1.62. The molecule has 0 spiro atoms. The maximum absolute atomic E-state index is 12.4. The summed E-state index contributed by atoms with van der Waals surface area (Å²) in [6, 6.07) is 3.20. The Bertz CT molecular complexity index is 489. The van der Waals surface area contributed by atoms with Crippen molar-refractivity contribution in [3.8, 4) is 0 Å². The number of hydrogen-bond acceptors (Lipinski definition) is 3. The van der Waals surface area contributed by atoms with Crippen molar-refractivity contribution in [2.24, 2.45) is 5.92 Å². The molecule has 0 aromatic carbocycles. The summed E-state index contributed by atoms with van der Waals surface area (Å²) in [4.78, 5) is 16.8. The number of pyridine rings is 1. The first-order valence-electron chi connectivity index (χ1n) is 8.43. The summed E-state index contributed by atoms with van der Waals surface area (Å²) in [6.07, 6.45) is 9.68. The van der Waals surface area contributed by atoms with Gasteiger partial charge in [-0.3, -0.25) is 9.69 Å². The molecule has 1 aliphatic heterocycles. The van der Waals surface area contributed by atoms with E-state index in [1.54, 1.807) is 12.1 Å². The predicted octanol–water partition coefficient (Wildman–Crippen LogP) is 1.66. The number of nitrogens with zero attached hydrogens (tertiary/aromatic N) is 3. The summed E-state index contributed by atoms with van der Waals surface area (Å²) in [5.41, 5.74) is 0.604. The van der Waals surface area contributed by atoms with Crippen LogP contribution in [-0.2, 0) is 0 Å². The van der Waals surface area contributed by atoms with E-state index in [0.29, 0.717) is 10.3 Å². The molecule has 1 aliphatic carbocycles. The molecule has 1 aromatic rings. The largest absolute Gasteiger partial charge is 0.619 e. The number of hydrogen-bond donors (Lipinski definition) is 0. The topological polar surface area (TPSA) is 50.5 Å². The minimum absolute atomic E-state index is 0.0397. The zero-order valence-electron chi connectivity index (χ0n) is 13.1. The zero-order valence-corrected chi connectivity index (χ0v) is 13.1. The van der Waals surface area contributed by atoms with Crippen LogP contribution in [0.15, 0.2) is 24.5 Å². The van der Waals surface area contributed by atoms with Crippen molar-refractivity contribution in [2.75, 3.05) is 32.7 Å². The second kappa shape index (κ2) is 7.09. The Balaban J connectivity index is 1.48. The van der Waals surface area contributed by atoms with Crippen molar-refractivity contribution in [3.05, 3.63) is 35.3 Å². The summed E-state index contributed by atoms with van der Waals surface area (Å²) < 4.78 is 0.707. The lowest BCUT2D eigenvalue weighted by Crippen LogP contribution is -2.50. The first-order valence-corrected chi connectivity index (χ1v) is 8.43. The maximum atomic E-state index is 12.4. The molecule has 5 nitrogen and oxygen atoms in total. The van der Waals surface area contributed by atoms with Gasteiger partial charge in [-0.05, 0) is 18.8 Å². The second-order valence-corrected chi connectivity index (χ2v) is 6.54. The number of aromatic nitrogens is 1. The van der Waals surface area contributed by atoms with Crippen LogP contribution >= 0.6 is 0 Å². The van der Waals surface area contributed by atoms with Crippen LogP contribution in [0.3, 0.4) is 0 Å². The Labute approximate surface area is 132 Å². The van der Waals surface area contributed by atoms with Gasteiger partial charge in [-0.15, -0.1) is 0 Å². The SMILES string of the molecule is O=C(c1cc[n+]([O-])cc1)N1CCN(CC2CCCCC2)CC1. The van der Waals surface area contributed by atoms with E-state index < -0.39 is 0 Å². The molecule has 2 aliphatic rings. The van der Waals surface area contributed by atoms with Crippen LogP contribution in [0, 0.1) is 11.1 Å². The fraction of sp³-hybridized carbons (Fsp3) is 0.647. The van der Waals surface area contributed by atoms with Gasteiger partial charge < -0.3 is 10.1 Å². The van der Waals surface area contributed by atoms with Crippen molar-refractivity contribution in [2.45, 2.75) is 32.1 Å². The van der Waals surface area contributed by atoms with Crippen molar-refractivity contribution < 1.29 is 9.52 Å². The van der Waals surface area contributed by atoms with Crippen LogP contribution < -0.4 is 4.73 Å². The number of carbonyl (C=O) groups is 1. The van der Waals surface area contributed by atoms with Gasteiger partial charge in [0.2, 0.25) is 0 Å². The third kappa shape index (κ3) is 3.77. The highest BCUT2D eigenvalue weighted by molar-refractivity contribution is 5.94. The normalized spacial score (nSPS) is 21.0. The summed E-state index contributed by atoms with van der Waals surface area (Å²) in [5, 5.41) is 11.0. The van der Waals surface area contributed by atoms with E-state index in [1.165, 1.54) is 51.0 Å². The molecule has 2 heterocycles. The molecule has 1 aromatic heterocycles. The lowest BCUT2D eigenvalue weighted by molar-refractivity contribution is -0.605. The van der Waals surface area contributed by atoms with Crippen LogP contribution in [0.1, 0.15) is 42.5 Å². The molecular weight excluding hydrogens is 278 g/mol. The molecule has 1 saturated carbocycles. The number of piperazine rings is 1. The average Bonchev–Trinajstić information content (AvgIpc) is 2.57. The Morgan fingerprint density at radius 2 is 1.73 bits per heavy atom. The molecule has 0 radical (unpaired) electrons.